The van der Waals surface area contributed by atoms with Gasteiger partial charge in [0.15, 0.2) is 0 Å². The van der Waals surface area contributed by atoms with Crippen LogP contribution in [0.1, 0.15) is 35.7 Å². The molecular weight excluding hydrogens is 325 g/mol. The minimum atomic E-state index is -0.699. The topological polar surface area (TPSA) is 75.2 Å². The van der Waals surface area contributed by atoms with Gasteiger partial charge in [-0.15, -0.1) is 0 Å². The molecule has 25 heavy (non-hydrogen) atoms. The second-order valence-electron chi connectivity index (χ2n) is 6.49. The molecule has 132 valence electrons. The maximum atomic E-state index is 13.8. The maximum absolute atomic E-state index is 13.8. The average molecular weight is 345 g/mol. The number of aromatic nitrogens is 2. The van der Waals surface area contributed by atoms with Crippen LogP contribution in [0.25, 0.3) is 0 Å². The number of nitrogens with zero attached hydrogens (tertiary/aromatic N) is 2. The molecule has 1 aliphatic heterocycles. The number of likely N-dealkylation sites (tertiary alicyclic amines) is 1. The number of carbonyl (C=O) groups is 1. The van der Waals surface area contributed by atoms with Gasteiger partial charge in [0.05, 0.1) is 6.54 Å². The zero-order valence-electron chi connectivity index (χ0n) is 14.0. The first-order chi connectivity index (χ1) is 12.0. The largest absolute Gasteiger partial charge is 0.338 e. The van der Waals surface area contributed by atoms with E-state index in [9.17, 15) is 18.8 Å². The van der Waals surface area contributed by atoms with E-state index in [1.807, 2.05) is 0 Å². The molecule has 0 radical (unpaired) electrons. The highest BCUT2D eigenvalue weighted by Gasteiger charge is 2.25. The van der Waals surface area contributed by atoms with Crippen molar-refractivity contribution in [3.8, 4) is 0 Å². The van der Waals surface area contributed by atoms with Crippen LogP contribution >= 0.6 is 0 Å². The lowest BCUT2D eigenvalue weighted by Gasteiger charge is -2.30. The summed E-state index contributed by atoms with van der Waals surface area (Å²) in [6.45, 7) is 3.01. The molecule has 1 saturated heterocycles. The van der Waals surface area contributed by atoms with Gasteiger partial charge in [-0.25, -0.2) is 9.18 Å². The van der Waals surface area contributed by atoms with Crippen LogP contribution in [0.4, 0.5) is 4.39 Å². The third-order valence-electron chi connectivity index (χ3n) is 4.52. The Morgan fingerprint density at radius 3 is 2.80 bits per heavy atom. The Morgan fingerprint density at radius 2 is 2.08 bits per heavy atom. The van der Waals surface area contributed by atoms with E-state index in [0.29, 0.717) is 19.0 Å². The number of rotatable bonds is 3. The third kappa shape index (κ3) is 3.55. The normalized spacial score (nSPS) is 17.5. The van der Waals surface area contributed by atoms with E-state index in [2.05, 4.69) is 11.9 Å². The summed E-state index contributed by atoms with van der Waals surface area (Å²) in [7, 11) is 0. The van der Waals surface area contributed by atoms with Gasteiger partial charge >= 0.3 is 5.69 Å². The monoisotopic (exact) mass is 345 g/mol. The molecule has 2 heterocycles. The SMILES string of the molecule is CC1CCCN(C(=O)c2c[nH]c(=O)n(Cc3ccccc3F)c2=O)C1. The summed E-state index contributed by atoms with van der Waals surface area (Å²) in [5, 5.41) is 0. The van der Waals surface area contributed by atoms with Crippen LogP contribution in [0, 0.1) is 11.7 Å². The van der Waals surface area contributed by atoms with Gasteiger partial charge in [-0.2, -0.15) is 0 Å². The van der Waals surface area contributed by atoms with Gasteiger partial charge in [0.1, 0.15) is 11.4 Å². The fraction of sp³-hybridized carbons (Fsp3) is 0.389. The van der Waals surface area contributed by atoms with E-state index >= 15 is 0 Å². The van der Waals surface area contributed by atoms with E-state index in [0.717, 1.165) is 23.6 Å². The van der Waals surface area contributed by atoms with Gasteiger partial charge in [-0.1, -0.05) is 25.1 Å². The minimum Gasteiger partial charge on any atom is -0.338 e. The lowest BCUT2D eigenvalue weighted by Crippen LogP contribution is -2.45. The molecule has 2 aromatic rings. The fourth-order valence-corrected chi connectivity index (χ4v) is 3.15. The van der Waals surface area contributed by atoms with Gasteiger partial charge in [-0.3, -0.25) is 14.2 Å². The zero-order chi connectivity index (χ0) is 18.0. The first-order valence-electron chi connectivity index (χ1n) is 8.32. The van der Waals surface area contributed by atoms with Gasteiger partial charge < -0.3 is 9.88 Å². The van der Waals surface area contributed by atoms with Gasteiger partial charge in [0.25, 0.3) is 11.5 Å². The highest BCUT2D eigenvalue weighted by atomic mass is 19.1. The molecule has 0 bridgehead atoms. The molecule has 1 amide bonds. The maximum Gasteiger partial charge on any atom is 0.328 e. The number of hydrogen-bond donors (Lipinski definition) is 1. The highest BCUT2D eigenvalue weighted by Crippen LogP contribution is 2.16. The molecule has 1 unspecified atom stereocenters. The van der Waals surface area contributed by atoms with Crippen molar-refractivity contribution in [2.24, 2.45) is 5.92 Å². The highest BCUT2D eigenvalue weighted by molar-refractivity contribution is 5.93. The number of carbonyl (C=O) groups excluding carboxylic acids is 1. The summed E-state index contributed by atoms with van der Waals surface area (Å²) in [5.41, 5.74) is -1.25. The van der Waals surface area contributed by atoms with Crippen molar-refractivity contribution in [3.63, 3.8) is 0 Å². The van der Waals surface area contributed by atoms with Crippen LogP contribution in [-0.4, -0.2) is 33.4 Å². The Labute approximate surface area is 143 Å². The Kier molecular flexibility index (Phi) is 4.83. The Hall–Kier alpha value is -2.70. The summed E-state index contributed by atoms with van der Waals surface area (Å²) in [6.07, 6.45) is 3.09. The Morgan fingerprint density at radius 1 is 1.32 bits per heavy atom. The van der Waals surface area contributed by atoms with E-state index in [-0.39, 0.29) is 17.7 Å². The second kappa shape index (κ2) is 7.04. The fourth-order valence-electron chi connectivity index (χ4n) is 3.15. The number of aromatic amines is 1. The minimum absolute atomic E-state index is 0.0926. The van der Waals surface area contributed by atoms with Crippen LogP contribution in [0.5, 0.6) is 0 Å². The Balaban J connectivity index is 1.95. The van der Waals surface area contributed by atoms with Crippen molar-refractivity contribution in [2.45, 2.75) is 26.3 Å². The molecule has 0 spiro atoms. The second-order valence-corrected chi connectivity index (χ2v) is 6.49. The number of benzene rings is 1. The van der Waals surface area contributed by atoms with Crippen LogP contribution in [0.3, 0.4) is 0 Å². The number of nitrogens with one attached hydrogen (secondary N) is 1. The molecule has 3 rings (SSSR count). The molecule has 6 nitrogen and oxygen atoms in total. The molecule has 1 fully saturated rings. The first-order valence-corrected chi connectivity index (χ1v) is 8.32. The van der Waals surface area contributed by atoms with Gasteiger partial charge in [0, 0.05) is 24.8 Å². The summed E-state index contributed by atoms with van der Waals surface area (Å²) in [4.78, 5) is 41.4. The van der Waals surface area contributed by atoms with Crippen LogP contribution in [0.2, 0.25) is 0 Å². The molecule has 1 aliphatic rings. The van der Waals surface area contributed by atoms with E-state index in [1.54, 1.807) is 11.0 Å². The molecule has 0 saturated carbocycles. The third-order valence-corrected chi connectivity index (χ3v) is 4.52. The van der Waals surface area contributed by atoms with Crippen molar-refractivity contribution in [3.05, 3.63) is 68.2 Å². The van der Waals surface area contributed by atoms with Gasteiger partial charge in [0.2, 0.25) is 0 Å². The van der Waals surface area contributed by atoms with E-state index in [4.69, 9.17) is 0 Å². The first kappa shape index (κ1) is 17.1. The molecule has 0 aliphatic carbocycles. The molecular formula is C18H20FN3O3. The summed E-state index contributed by atoms with van der Waals surface area (Å²) < 4.78 is 14.7. The van der Waals surface area contributed by atoms with E-state index < -0.39 is 23.0 Å². The number of hydrogen-bond acceptors (Lipinski definition) is 3. The van der Waals surface area contributed by atoms with Crippen LogP contribution in [0.15, 0.2) is 40.1 Å². The predicted octanol–water partition coefficient (Wildman–Crippen LogP) is 1.60. The van der Waals surface area contributed by atoms with Crippen molar-refractivity contribution in [1.82, 2.24) is 14.5 Å². The number of H-pyrrole nitrogens is 1. The van der Waals surface area contributed by atoms with Crippen LogP contribution in [-0.2, 0) is 6.54 Å². The smallest absolute Gasteiger partial charge is 0.328 e. The molecule has 1 aromatic carbocycles. The number of halogens is 1. The van der Waals surface area contributed by atoms with Crippen molar-refractivity contribution < 1.29 is 9.18 Å². The lowest BCUT2D eigenvalue weighted by molar-refractivity contribution is 0.0680. The summed E-state index contributed by atoms with van der Waals surface area (Å²) >= 11 is 0. The Bertz CT molecular complexity index is 903. The number of amides is 1. The predicted molar refractivity (Wildman–Crippen MR) is 91.1 cm³/mol. The number of piperidine rings is 1. The quantitative estimate of drug-likeness (QED) is 0.918. The lowest BCUT2D eigenvalue weighted by atomic mass is 10.00. The molecule has 7 heteroatoms. The summed E-state index contributed by atoms with van der Waals surface area (Å²) in [6, 6.07) is 5.92. The van der Waals surface area contributed by atoms with Crippen molar-refractivity contribution in [2.75, 3.05) is 13.1 Å². The van der Waals surface area contributed by atoms with Crippen molar-refractivity contribution >= 4 is 5.91 Å². The zero-order valence-corrected chi connectivity index (χ0v) is 14.0. The van der Waals surface area contributed by atoms with Gasteiger partial charge in [-0.05, 0) is 24.8 Å². The molecule has 1 aromatic heterocycles. The summed E-state index contributed by atoms with van der Waals surface area (Å²) in [5.74, 6) is -0.522. The standard InChI is InChI=1S/C18H20FN3O3/c1-12-5-4-8-21(10-12)16(23)14-9-20-18(25)22(17(14)24)11-13-6-2-3-7-15(13)19/h2-3,6-7,9,12H,4-5,8,10-11H2,1H3,(H,20,25). The molecule has 1 atom stereocenters. The van der Waals surface area contributed by atoms with Crippen molar-refractivity contribution in [1.29, 1.82) is 0 Å². The van der Waals surface area contributed by atoms with E-state index in [1.165, 1.54) is 18.2 Å². The average Bonchev–Trinajstić information content (AvgIpc) is 2.59. The molecule has 1 N–H and O–H groups in total. The van der Waals surface area contributed by atoms with Crippen LogP contribution < -0.4 is 11.2 Å².